The summed E-state index contributed by atoms with van der Waals surface area (Å²) in [7, 11) is 7.10. The monoisotopic (exact) mass is 1170 g/mol. The molecule has 8 nitrogen and oxygen atoms in total. The molecule has 0 spiro atoms. The van der Waals surface area contributed by atoms with Crippen LogP contribution in [0, 0.1) is 0 Å². The summed E-state index contributed by atoms with van der Waals surface area (Å²) in [4.78, 5) is 19.3. The molecule has 22 heterocycles. The highest BCUT2D eigenvalue weighted by Crippen LogP contribution is 2.55. The van der Waals surface area contributed by atoms with Crippen molar-refractivity contribution in [2.45, 2.75) is 65.3 Å². The zero-order valence-corrected chi connectivity index (χ0v) is 49.9. The minimum absolute atomic E-state index is 0.581. The summed E-state index contributed by atoms with van der Waals surface area (Å²) in [5, 5.41) is 0. The van der Waals surface area contributed by atoms with Gasteiger partial charge >= 0.3 is 0 Å². The summed E-state index contributed by atoms with van der Waals surface area (Å²) < 4.78 is 25.3. The van der Waals surface area contributed by atoms with Crippen molar-refractivity contribution in [3.05, 3.63) is 239 Å². The average molecular weight is 1170 g/mol. The fraction of sp³-hybridized carbons (Fsp3) is 0.111. The Morgan fingerprint density at radius 3 is 0.690 bits per heavy atom. The van der Waals surface area contributed by atoms with E-state index in [4.69, 9.17) is 18.9 Å². The molecular weight excluding hydrogens is 1110 g/mol. The van der Waals surface area contributed by atoms with E-state index in [-0.39, 0.29) is 0 Å². The summed E-state index contributed by atoms with van der Waals surface area (Å²) in [6.07, 6.45) is 8.94. The first-order valence-electron chi connectivity index (χ1n) is 27.9. The SMILES string of the molecule is COc1cc2c(OC)cc1CN1c3ccccc3Sc3cc(ccc31)C=Cc1ccc3c(c1)Sc1ccccc1N3Cc1cc(OC)c(cc1OC)CN1c3ccccc3Sc3cc(ccc31)C=Cc1ccc3c(c1)Sc1ccccc1N3C2. The molecule has 10 aromatic rings. The van der Waals surface area contributed by atoms with Gasteiger partial charge in [-0.15, -0.1) is 0 Å². The van der Waals surface area contributed by atoms with Crippen molar-refractivity contribution in [1.29, 1.82) is 0 Å². The van der Waals surface area contributed by atoms with Crippen molar-refractivity contribution in [1.82, 2.24) is 0 Å². The van der Waals surface area contributed by atoms with Crippen LogP contribution in [0.15, 0.2) is 233 Å². The van der Waals surface area contributed by atoms with Gasteiger partial charge < -0.3 is 38.5 Å². The van der Waals surface area contributed by atoms with Crippen LogP contribution in [-0.2, 0) is 26.2 Å². The van der Waals surface area contributed by atoms with Crippen LogP contribution in [-0.4, -0.2) is 28.4 Å². The summed E-state index contributed by atoms with van der Waals surface area (Å²) in [5.74, 6) is 3.27. The molecule has 22 aliphatic rings. The molecule has 12 heteroatoms. The van der Waals surface area contributed by atoms with Crippen LogP contribution in [0.5, 0.6) is 23.0 Å². The quantitative estimate of drug-likeness (QED) is 0.169. The Hall–Kier alpha value is -8.52. The predicted molar refractivity (Wildman–Crippen MR) is 348 cm³/mol. The number of methoxy groups -OCH3 is 4. The first kappa shape index (κ1) is 52.3. The van der Waals surface area contributed by atoms with Crippen LogP contribution in [0.4, 0.5) is 45.5 Å². The van der Waals surface area contributed by atoms with E-state index in [0.717, 1.165) is 113 Å². The van der Waals surface area contributed by atoms with Crippen molar-refractivity contribution in [2.24, 2.45) is 0 Å². The van der Waals surface area contributed by atoms with Gasteiger partial charge in [-0.25, -0.2) is 0 Å². The molecular formula is C72H56N4O4S4. The summed E-state index contributed by atoms with van der Waals surface area (Å²) in [6.45, 7) is 2.32. The second kappa shape index (κ2) is 21.9. The molecule has 0 unspecified atom stereocenters. The molecule has 0 amide bonds. The molecule has 84 heavy (non-hydrogen) atoms. The second-order valence-electron chi connectivity index (χ2n) is 21.2. The van der Waals surface area contributed by atoms with Crippen molar-refractivity contribution in [3.8, 4) is 23.0 Å². The van der Waals surface area contributed by atoms with E-state index in [2.05, 4.69) is 238 Å². The van der Waals surface area contributed by atoms with Crippen molar-refractivity contribution >= 4 is 117 Å². The zero-order valence-electron chi connectivity index (χ0n) is 46.7. The van der Waals surface area contributed by atoms with Crippen LogP contribution in [0.1, 0.15) is 44.5 Å². The first-order chi connectivity index (χ1) is 41.4. The summed E-state index contributed by atoms with van der Waals surface area (Å²) in [6, 6.07) is 70.7. The number of para-hydroxylation sites is 4. The molecule has 0 saturated heterocycles. The Bertz CT molecular complexity index is 3800. The standard InChI is InChI=1S/C72H56N4O4S4/c1-77-61-37-50-42-74-54-14-6-10-18-66(54)82-70-34-46(26-30-58(70)74)23-24-48-28-32-60-72(36-48)84-68-20-12-8-16-56(68)76(60)44-52-40-63(79-3)51(39-64(52)80-4)43-75-55-15-7-11-19-67(55)83-71-35-47(27-31-59(71)75)22-21-45-25-29-57-69(33-45)81-65-17-9-5-13-53(65)73(57)41-49(61)38-62(50)78-2/h5-40H,41-44H2,1-4H3. The number of fused-ring (bicyclic) bond motifs is 4. The van der Waals surface area contributed by atoms with Crippen molar-refractivity contribution in [2.75, 3.05) is 48.0 Å². The van der Waals surface area contributed by atoms with Gasteiger partial charge in [0.25, 0.3) is 0 Å². The fourth-order valence-electron chi connectivity index (χ4n) is 12.1. The lowest BCUT2D eigenvalue weighted by atomic mass is 10.0. The minimum atomic E-state index is 0.581. The molecule has 10 aromatic carbocycles. The van der Waals surface area contributed by atoms with E-state index < -0.39 is 0 Å². The Balaban J connectivity index is 0.851. The van der Waals surface area contributed by atoms with E-state index in [1.165, 1.54) is 39.2 Å². The Morgan fingerprint density at radius 1 is 0.250 bits per heavy atom. The van der Waals surface area contributed by atoms with Gasteiger partial charge in [-0.2, -0.15) is 0 Å². The minimum Gasteiger partial charge on any atom is -0.496 e. The molecule has 0 N–H and O–H groups in total. The van der Waals surface area contributed by atoms with Gasteiger partial charge in [0.15, 0.2) is 0 Å². The number of anilines is 8. The molecule has 32 rings (SSSR count). The molecule has 0 aliphatic carbocycles. The van der Waals surface area contributed by atoms with Gasteiger partial charge in [0.05, 0.1) is 100 Å². The maximum atomic E-state index is 6.32. The third kappa shape index (κ3) is 9.51. The first-order valence-corrected chi connectivity index (χ1v) is 31.2. The maximum absolute atomic E-state index is 6.32. The summed E-state index contributed by atoms with van der Waals surface area (Å²) >= 11 is 7.26. The lowest BCUT2D eigenvalue weighted by Gasteiger charge is -2.34. The van der Waals surface area contributed by atoms with Gasteiger partial charge in [-0.05, 0) is 144 Å². The fourth-order valence-corrected chi connectivity index (χ4v) is 16.7. The molecule has 0 radical (unpaired) electrons. The molecule has 0 saturated carbocycles. The van der Waals surface area contributed by atoms with E-state index in [0.29, 0.717) is 26.2 Å². The van der Waals surface area contributed by atoms with Gasteiger partial charge in [0, 0.05) is 61.4 Å². The van der Waals surface area contributed by atoms with E-state index >= 15 is 0 Å². The van der Waals surface area contributed by atoms with Gasteiger partial charge in [-0.3, -0.25) is 0 Å². The van der Waals surface area contributed by atoms with Crippen LogP contribution >= 0.6 is 47.0 Å². The Labute approximate surface area is 507 Å². The van der Waals surface area contributed by atoms with E-state index in [1.54, 1.807) is 28.4 Å². The highest BCUT2D eigenvalue weighted by molar-refractivity contribution is 8.00. The van der Waals surface area contributed by atoms with Crippen LogP contribution in [0.2, 0.25) is 0 Å². The van der Waals surface area contributed by atoms with Gasteiger partial charge in [0.2, 0.25) is 0 Å². The number of nitrogens with zero attached hydrogens (tertiary/aromatic N) is 4. The highest BCUT2D eigenvalue weighted by Gasteiger charge is 2.31. The number of ether oxygens (including phenoxy) is 4. The average Bonchev–Trinajstić information content (AvgIpc) is 3.53. The lowest BCUT2D eigenvalue weighted by Crippen LogP contribution is -2.22. The second-order valence-corrected chi connectivity index (χ2v) is 25.5. The largest absolute Gasteiger partial charge is 0.496 e. The van der Waals surface area contributed by atoms with Crippen LogP contribution < -0.4 is 38.5 Å². The van der Waals surface area contributed by atoms with Gasteiger partial charge in [-0.1, -0.05) is 144 Å². The van der Waals surface area contributed by atoms with Crippen LogP contribution in [0.25, 0.3) is 24.3 Å². The molecule has 0 aromatic heterocycles. The number of hydrogen-bond acceptors (Lipinski definition) is 12. The number of hydrogen-bond donors (Lipinski definition) is 0. The lowest BCUT2D eigenvalue weighted by molar-refractivity contribution is 0.394. The third-order valence-electron chi connectivity index (χ3n) is 16.2. The number of rotatable bonds is 4. The maximum Gasteiger partial charge on any atom is 0.124 e. The number of benzene rings is 10. The normalized spacial score (nSPS) is 14.3. The predicted octanol–water partition coefficient (Wildman–Crippen LogP) is 19.6. The topological polar surface area (TPSA) is 49.9 Å². The molecule has 0 fully saturated rings. The van der Waals surface area contributed by atoms with Crippen molar-refractivity contribution in [3.63, 3.8) is 0 Å². The zero-order chi connectivity index (χ0) is 56.4. The third-order valence-corrected chi connectivity index (χ3v) is 20.7. The van der Waals surface area contributed by atoms with Crippen molar-refractivity contribution < 1.29 is 18.9 Å². The smallest absolute Gasteiger partial charge is 0.124 e. The van der Waals surface area contributed by atoms with E-state index in [9.17, 15) is 0 Å². The molecule has 412 valence electrons. The molecule has 20 bridgehead atoms. The van der Waals surface area contributed by atoms with Gasteiger partial charge in [0.1, 0.15) is 23.0 Å². The van der Waals surface area contributed by atoms with Crippen LogP contribution in [0.3, 0.4) is 0 Å². The Morgan fingerprint density at radius 2 is 0.464 bits per heavy atom. The summed E-state index contributed by atoms with van der Waals surface area (Å²) in [5.41, 5.74) is 17.9. The Kier molecular flexibility index (Phi) is 13.6. The highest BCUT2D eigenvalue weighted by atomic mass is 32.2. The molecule has 22 aliphatic heterocycles. The van der Waals surface area contributed by atoms with E-state index in [1.807, 2.05) is 47.0 Å². The molecule has 0 atom stereocenters.